The van der Waals surface area contributed by atoms with Gasteiger partial charge in [-0.25, -0.2) is 0 Å². The predicted octanol–water partition coefficient (Wildman–Crippen LogP) is 3.19. The first-order valence-corrected chi connectivity index (χ1v) is 7.94. The predicted molar refractivity (Wildman–Crippen MR) is 87.5 cm³/mol. The van der Waals surface area contributed by atoms with Gasteiger partial charge in [-0.2, -0.15) is 0 Å². The molecule has 0 aliphatic rings. The average molecular weight is 291 g/mol. The van der Waals surface area contributed by atoms with Gasteiger partial charge >= 0.3 is 0 Å². The third-order valence-electron chi connectivity index (χ3n) is 3.83. The molecule has 0 spiro atoms. The van der Waals surface area contributed by atoms with E-state index in [9.17, 15) is 9.90 Å². The Labute approximate surface area is 128 Å². The molecule has 21 heavy (non-hydrogen) atoms. The topological polar surface area (TPSA) is 49.3 Å². The van der Waals surface area contributed by atoms with Gasteiger partial charge < -0.3 is 10.4 Å². The summed E-state index contributed by atoms with van der Waals surface area (Å²) in [5.41, 5.74) is 3.76. The summed E-state index contributed by atoms with van der Waals surface area (Å²) in [6.07, 6.45) is 2.04. The number of hydrogen-bond donors (Lipinski definition) is 2. The summed E-state index contributed by atoms with van der Waals surface area (Å²) >= 11 is 0. The second kappa shape index (κ2) is 8.18. The van der Waals surface area contributed by atoms with Gasteiger partial charge in [0.1, 0.15) is 0 Å². The molecule has 2 unspecified atom stereocenters. The van der Waals surface area contributed by atoms with Gasteiger partial charge in [0.2, 0.25) is 5.91 Å². The van der Waals surface area contributed by atoms with Crippen molar-refractivity contribution in [1.82, 2.24) is 5.32 Å². The van der Waals surface area contributed by atoms with Gasteiger partial charge in [-0.15, -0.1) is 0 Å². The van der Waals surface area contributed by atoms with Crippen LogP contribution in [-0.2, 0) is 17.6 Å². The van der Waals surface area contributed by atoms with Crippen LogP contribution in [-0.4, -0.2) is 23.2 Å². The molecule has 1 amide bonds. The Morgan fingerprint density at radius 2 is 1.90 bits per heavy atom. The molecule has 0 aliphatic carbocycles. The number of aliphatic hydroxyl groups is 1. The van der Waals surface area contributed by atoms with Crippen LogP contribution in [0.3, 0.4) is 0 Å². The van der Waals surface area contributed by atoms with Crippen LogP contribution < -0.4 is 5.32 Å². The van der Waals surface area contributed by atoms with Gasteiger partial charge in [0.25, 0.3) is 0 Å². The van der Waals surface area contributed by atoms with Crippen LogP contribution in [0.25, 0.3) is 0 Å². The summed E-state index contributed by atoms with van der Waals surface area (Å²) in [6.45, 7) is 10.1. The summed E-state index contributed by atoms with van der Waals surface area (Å²) in [4.78, 5) is 12.0. The van der Waals surface area contributed by atoms with Crippen LogP contribution >= 0.6 is 0 Å². The van der Waals surface area contributed by atoms with Gasteiger partial charge in [-0.1, -0.05) is 45.4 Å². The lowest BCUT2D eigenvalue weighted by Gasteiger charge is -2.17. The number of carbonyl (C=O) groups excluding carboxylic acids is 1. The normalized spacial score (nSPS) is 14.0. The van der Waals surface area contributed by atoms with E-state index < -0.39 is 6.10 Å². The number of hydrogen-bond acceptors (Lipinski definition) is 2. The van der Waals surface area contributed by atoms with E-state index in [-0.39, 0.29) is 11.9 Å². The summed E-state index contributed by atoms with van der Waals surface area (Å²) in [7, 11) is 0. The van der Waals surface area contributed by atoms with E-state index in [0.29, 0.717) is 12.3 Å². The van der Waals surface area contributed by atoms with E-state index in [0.717, 1.165) is 18.4 Å². The third-order valence-corrected chi connectivity index (χ3v) is 3.83. The van der Waals surface area contributed by atoms with E-state index in [1.807, 2.05) is 13.0 Å². The fourth-order valence-electron chi connectivity index (χ4n) is 2.40. The van der Waals surface area contributed by atoms with Crippen molar-refractivity contribution >= 4 is 5.91 Å². The molecule has 0 bridgehead atoms. The van der Waals surface area contributed by atoms with Crippen LogP contribution in [0.4, 0.5) is 0 Å². The lowest BCUT2D eigenvalue weighted by molar-refractivity contribution is -0.121. The highest BCUT2D eigenvalue weighted by Gasteiger charge is 2.14. The molecule has 3 nitrogen and oxygen atoms in total. The minimum absolute atomic E-state index is 0.0404. The fourth-order valence-corrected chi connectivity index (χ4v) is 2.40. The first-order chi connectivity index (χ1) is 9.85. The molecule has 0 aliphatic heterocycles. The molecule has 0 saturated heterocycles. The Hall–Kier alpha value is -1.35. The minimum atomic E-state index is -0.535. The number of amides is 1. The number of benzene rings is 1. The first-order valence-electron chi connectivity index (χ1n) is 7.94. The molecule has 1 aromatic rings. The van der Waals surface area contributed by atoms with Gasteiger partial charge in [-0.05, 0) is 42.9 Å². The van der Waals surface area contributed by atoms with Crippen molar-refractivity contribution in [3.05, 3.63) is 34.9 Å². The second-order valence-electron chi connectivity index (χ2n) is 6.21. The van der Waals surface area contributed by atoms with E-state index in [2.05, 4.69) is 38.2 Å². The van der Waals surface area contributed by atoms with Gasteiger partial charge in [0.05, 0.1) is 18.6 Å². The quantitative estimate of drug-likeness (QED) is 0.810. The molecule has 1 rings (SSSR count). The minimum Gasteiger partial charge on any atom is -0.391 e. The van der Waals surface area contributed by atoms with Crippen molar-refractivity contribution in [3.8, 4) is 0 Å². The Morgan fingerprint density at radius 3 is 2.43 bits per heavy atom. The Balaban J connectivity index is 2.80. The van der Waals surface area contributed by atoms with Gasteiger partial charge in [-0.3, -0.25) is 4.79 Å². The highest BCUT2D eigenvalue weighted by Crippen LogP contribution is 2.22. The zero-order valence-corrected chi connectivity index (χ0v) is 13.9. The zero-order chi connectivity index (χ0) is 16.0. The van der Waals surface area contributed by atoms with Gasteiger partial charge in [0.15, 0.2) is 0 Å². The van der Waals surface area contributed by atoms with Crippen LogP contribution in [0.15, 0.2) is 18.2 Å². The largest absolute Gasteiger partial charge is 0.391 e. The molecule has 2 N–H and O–H groups in total. The summed E-state index contributed by atoms with van der Waals surface area (Å²) in [5, 5.41) is 12.3. The average Bonchev–Trinajstić information content (AvgIpc) is 2.40. The molecule has 0 radical (unpaired) electrons. The Morgan fingerprint density at radius 1 is 1.24 bits per heavy atom. The highest BCUT2D eigenvalue weighted by atomic mass is 16.3. The molecular formula is C18H29NO2. The lowest BCUT2D eigenvalue weighted by Crippen LogP contribution is -2.40. The Kier molecular flexibility index (Phi) is 6.90. The van der Waals surface area contributed by atoms with Crippen molar-refractivity contribution < 1.29 is 9.90 Å². The third kappa shape index (κ3) is 5.50. The van der Waals surface area contributed by atoms with Crippen LogP contribution in [0.1, 0.15) is 63.6 Å². The van der Waals surface area contributed by atoms with Crippen molar-refractivity contribution in [3.63, 3.8) is 0 Å². The molecular weight excluding hydrogens is 262 g/mol. The Bertz CT molecular complexity index is 466. The molecule has 0 saturated carbocycles. The molecule has 3 heteroatoms. The van der Waals surface area contributed by atoms with Gasteiger partial charge in [0, 0.05) is 0 Å². The maximum atomic E-state index is 12.0. The second-order valence-corrected chi connectivity index (χ2v) is 6.21. The van der Waals surface area contributed by atoms with E-state index in [1.165, 1.54) is 11.1 Å². The number of carbonyl (C=O) groups is 1. The zero-order valence-electron chi connectivity index (χ0n) is 13.9. The SMILES string of the molecule is CCCc1ccc(CC(=O)NC(C)C(C)O)cc1C(C)C. The van der Waals surface area contributed by atoms with Crippen LogP contribution in [0.2, 0.25) is 0 Å². The van der Waals surface area contributed by atoms with Crippen LogP contribution in [0, 0.1) is 0 Å². The molecule has 0 fully saturated rings. The first kappa shape index (κ1) is 17.7. The molecule has 1 aromatic carbocycles. The van der Waals surface area contributed by atoms with Crippen molar-refractivity contribution in [2.45, 2.75) is 71.9 Å². The van der Waals surface area contributed by atoms with Crippen molar-refractivity contribution in [2.24, 2.45) is 0 Å². The lowest BCUT2D eigenvalue weighted by atomic mass is 9.92. The fraction of sp³-hybridized carbons (Fsp3) is 0.611. The van der Waals surface area contributed by atoms with Crippen molar-refractivity contribution in [2.75, 3.05) is 0 Å². The summed E-state index contributed by atoms with van der Waals surface area (Å²) < 4.78 is 0. The maximum Gasteiger partial charge on any atom is 0.224 e. The molecule has 0 heterocycles. The monoisotopic (exact) mass is 291 g/mol. The van der Waals surface area contributed by atoms with E-state index >= 15 is 0 Å². The molecule has 2 atom stereocenters. The maximum absolute atomic E-state index is 12.0. The molecule has 0 aromatic heterocycles. The summed E-state index contributed by atoms with van der Waals surface area (Å²) in [6, 6.07) is 6.13. The van der Waals surface area contributed by atoms with Crippen molar-refractivity contribution in [1.29, 1.82) is 0 Å². The van der Waals surface area contributed by atoms with Crippen LogP contribution in [0.5, 0.6) is 0 Å². The molecule has 118 valence electrons. The summed E-state index contributed by atoms with van der Waals surface area (Å²) in [5.74, 6) is 0.423. The standard InChI is InChI=1S/C18H29NO2/c1-6-7-16-9-8-15(10-17(16)12(2)3)11-18(21)19-13(4)14(5)20/h8-10,12-14,20H,6-7,11H2,1-5H3,(H,19,21). The van der Waals surface area contributed by atoms with E-state index in [1.54, 1.807) is 6.92 Å². The number of rotatable bonds is 7. The number of aryl methyl sites for hydroxylation is 1. The highest BCUT2D eigenvalue weighted by molar-refractivity contribution is 5.79. The van der Waals surface area contributed by atoms with E-state index in [4.69, 9.17) is 0 Å². The smallest absolute Gasteiger partial charge is 0.224 e. The number of aliphatic hydroxyl groups excluding tert-OH is 1. The number of nitrogens with one attached hydrogen (secondary N) is 1.